The molecule has 0 radical (unpaired) electrons. The van der Waals surface area contributed by atoms with Gasteiger partial charge in [0.1, 0.15) is 0 Å². The first-order valence-corrected chi connectivity index (χ1v) is 5.71. The summed E-state index contributed by atoms with van der Waals surface area (Å²) in [7, 11) is 0. The molecule has 2 nitrogen and oxygen atoms in total. The molecule has 0 atom stereocenters. The number of halogens is 2. The highest BCUT2D eigenvalue weighted by atomic mass is 35.5. The SMILES string of the molecule is Cl.Cl.c1cc2ccc(C3CCNCC3)cc2[nH]1. The van der Waals surface area contributed by atoms with Gasteiger partial charge in [0.25, 0.3) is 0 Å². The van der Waals surface area contributed by atoms with Gasteiger partial charge < -0.3 is 10.3 Å². The number of aromatic nitrogens is 1. The largest absolute Gasteiger partial charge is 0.361 e. The van der Waals surface area contributed by atoms with E-state index in [-0.39, 0.29) is 24.8 Å². The molecule has 2 heterocycles. The molecule has 2 aromatic rings. The molecule has 94 valence electrons. The van der Waals surface area contributed by atoms with Crippen LogP contribution in [0.2, 0.25) is 0 Å². The summed E-state index contributed by atoms with van der Waals surface area (Å²) in [4.78, 5) is 3.28. The molecule has 1 aromatic heterocycles. The van der Waals surface area contributed by atoms with Crippen LogP contribution in [0.5, 0.6) is 0 Å². The van der Waals surface area contributed by atoms with Crippen molar-refractivity contribution < 1.29 is 0 Å². The van der Waals surface area contributed by atoms with Gasteiger partial charge in [-0.15, -0.1) is 24.8 Å². The van der Waals surface area contributed by atoms with E-state index in [2.05, 4.69) is 34.6 Å². The van der Waals surface area contributed by atoms with E-state index in [1.807, 2.05) is 6.20 Å². The Morgan fingerprint density at radius 3 is 2.53 bits per heavy atom. The van der Waals surface area contributed by atoms with Crippen molar-refractivity contribution >= 4 is 35.7 Å². The molecule has 0 spiro atoms. The van der Waals surface area contributed by atoms with Crippen LogP contribution in [0.25, 0.3) is 10.9 Å². The lowest BCUT2D eigenvalue weighted by atomic mass is 9.90. The minimum atomic E-state index is 0. The quantitative estimate of drug-likeness (QED) is 0.818. The van der Waals surface area contributed by atoms with Gasteiger partial charge >= 0.3 is 0 Å². The van der Waals surface area contributed by atoms with E-state index in [0.29, 0.717) is 0 Å². The van der Waals surface area contributed by atoms with Crippen molar-refractivity contribution in [2.24, 2.45) is 0 Å². The summed E-state index contributed by atoms with van der Waals surface area (Å²) in [5.74, 6) is 0.749. The van der Waals surface area contributed by atoms with E-state index in [1.54, 1.807) is 0 Å². The van der Waals surface area contributed by atoms with Crippen molar-refractivity contribution in [2.45, 2.75) is 18.8 Å². The van der Waals surface area contributed by atoms with Crippen molar-refractivity contribution in [1.82, 2.24) is 10.3 Å². The van der Waals surface area contributed by atoms with E-state index in [4.69, 9.17) is 0 Å². The fourth-order valence-corrected chi connectivity index (χ4v) is 2.47. The zero-order valence-corrected chi connectivity index (χ0v) is 11.2. The van der Waals surface area contributed by atoms with Crippen LogP contribution in [0.3, 0.4) is 0 Å². The summed E-state index contributed by atoms with van der Waals surface area (Å²) in [6, 6.07) is 8.95. The lowest BCUT2D eigenvalue weighted by Gasteiger charge is -2.22. The predicted octanol–water partition coefficient (Wildman–Crippen LogP) is 3.48. The normalized spacial score (nSPS) is 16.2. The molecule has 2 N–H and O–H groups in total. The Labute approximate surface area is 114 Å². The van der Waals surface area contributed by atoms with Gasteiger partial charge in [-0.2, -0.15) is 0 Å². The number of hydrogen-bond donors (Lipinski definition) is 2. The van der Waals surface area contributed by atoms with Gasteiger partial charge in [-0.25, -0.2) is 0 Å². The molecule has 0 amide bonds. The Kier molecular flexibility index (Phi) is 5.31. The Morgan fingerprint density at radius 1 is 1.00 bits per heavy atom. The van der Waals surface area contributed by atoms with Gasteiger partial charge in [0.15, 0.2) is 0 Å². The number of H-pyrrole nitrogens is 1. The molecule has 0 bridgehead atoms. The minimum Gasteiger partial charge on any atom is -0.361 e. The maximum absolute atomic E-state index is 3.41. The molecule has 0 aliphatic carbocycles. The Bertz CT molecular complexity index is 461. The molecule has 1 aromatic carbocycles. The smallest absolute Gasteiger partial charge is 0.0456 e. The number of hydrogen-bond acceptors (Lipinski definition) is 1. The molecule has 3 rings (SSSR count). The van der Waals surface area contributed by atoms with Crippen molar-refractivity contribution in [2.75, 3.05) is 13.1 Å². The van der Waals surface area contributed by atoms with E-state index in [1.165, 1.54) is 29.3 Å². The zero-order valence-electron chi connectivity index (χ0n) is 9.61. The Morgan fingerprint density at radius 2 is 1.76 bits per heavy atom. The number of benzene rings is 1. The minimum absolute atomic E-state index is 0. The van der Waals surface area contributed by atoms with Crippen LogP contribution in [-0.2, 0) is 0 Å². The highest BCUT2D eigenvalue weighted by molar-refractivity contribution is 5.85. The van der Waals surface area contributed by atoms with Crippen LogP contribution >= 0.6 is 24.8 Å². The van der Waals surface area contributed by atoms with E-state index in [9.17, 15) is 0 Å². The molecular weight excluding hydrogens is 255 g/mol. The maximum atomic E-state index is 3.41. The summed E-state index contributed by atoms with van der Waals surface area (Å²) < 4.78 is 0. The third kappa shape index (κ3) is 2.95. The standard InChI is InChI=1S/C13H16N2.2ClH/c1-2-12(10-3-6-14-7-4-10)9-13-11(1)5-8-15-13;;/h1-2,5,8-10,14-15H,3-4,6-7H2;2*1H. The average molecular weight is 273 g/mol. The Hall–Kier alpha value is -0.700. The summed E-state index contributed by atoms with van der Waals surface area (Å²) in [5, 5.41) is 4.72. The maximum Gasteiger partial charge on any atom is 0.0456 e. The molecule has 0 unspecified atom stereocenters. The molecule has 1 saturated heterocycles. The van der Waals surface area contributed by atoms with Gasteiger partial charge in [0.05, 0.1) is 0 Å². The van der Waals surface area contributed by atoms with Crippen molar-refractivity contribution in [3.8, 4) is 0 Å². The highest BCUT2D eigenvalue weighted by Gasteiger charge is 2.15. The topological polar surface area (TPSA) is 27.8 Å². The second-order valence-corrected chi connectivity index (χ2v) is 4.35. The van der Waals surface area contributed by atoms with Gasteiger partial charge in [-0.1, -0.05) is 12.1 Å². The third-order valence-corrected chi connectivity index (χ3v) is 3.39. The van der Waals surface area contributed by atoms with Crippen LogP contribution < -0.4 is 5.32 Å². The monoisotopic (exact) mass is 272 g/mol. The first-order valence-electron chi connectivity index (χ1n) is 5.71. The van der Waals surface area contributed by atoms with E-state index >= 15 is 0 Å². The second kappa shape index (κ2) is 6.29. The number of rotatable bonds is 1. The van der Waals surface area contributed by atoms with Crippen LogP contribution in [0.4, 0.5) is 0 Å². The van der Waals surface area contributed by atoms with E-state index in [0.717, 1.165) is 19.0 Å². The van der Waals surface area contributed by atoms with Crippen LogP contribution in [0.1, 0.15) is 24.3 Å². The number of nitrogens with one attached hydrogen (secondary N) is 2. The Balaban J connectivity index is 0.000000722. The summed E-state index contributed by atoms with van der Waals surface area (Å²) in [6.45, 7) is 2.32. The lowest BCUT2D eigenvalue weighted by molar-refractivity contribution is 0.460. The van der Waals surface area contributed by atoms with Gasteiger partial charge in [-0.05, 0) is 54.9 Å². The van der Waals surface area contributed by atoms with Gasteiger partial charge in [0, 0.05) is 11.7 Å². The number of aromatic amines is 1. The molecule has 1 fully saturated rings. The molecular formula is C13H18Cl2N2. The predicted molar refractivity (Wildman–Crippen MR) is 77.6 cm³/mol. The summed E-state index contributed by atoms with van der Waals surface area (Å²) in [5.41, 5.74) is 2.76. The van der Waals surface area contributed by atoms with Gasteiger partial charge in [-0.3, -0.25) is 0 Å². The third-order valence-electron chi connectivity index (χ3n) is 3.39. The van der Waals surface area contributed by atoms with E-state index < -0.39 is 0 Å². The number of fused-ring (bicyclic) bond motifs is 1. The first-order chi connectivity index (χ1) is 7.43. The van der Waals surface area contributed by atoms with Crippen LogP contribution in [0, 0.1) is 0 Å². The van der Waals surface area contributed by atoms with Crippen molar-refractivity contribution in [3.05, 3.63) is 36.0 Å². The molecule has 0 saturated carbocycles. The molecule has 4 heteroatoms. The molecule has 1 aliphatic rings. The summed E-state index contributed by atoms with van der Waals surface area (Å²) in [6.07, 6.45) is 4.55. The van der Waals surface area contributed by atoms with Crippen molar-refractivity contribution in [1.29, 1.82) is 0 Å². The molecule has 17 heavy (non-hydrogen) atoms. The fourth-order valence-electron chi connectivity index (χ4n) is 2.47. The van der Waals surface area contributed by atoms with Crippen molar-refractivity contribution in [3.63, 3.8) is 0 Å². The molecule has 1 aliphatic heterocycles. The first kappa shape index (κ1) is 14.4. The summed E-state index contributed by atoms with van der Waals surface area (Å²) >= 11 is 0. The highest BCUT2D eigenvalue weighted by Crippen LogP contribution is 2.27. The second-order valence-electron chi connectivity index (χ2n) is 4.35. The average Bonchev–Trinajstić information content (AvgIpc) is 2.77. The zero-order chi connectivity index (χ0) is 10.1. The lowest BCUT2D eigenvalue weighted by Crippen LogP contribution is -2.26. The number of piperidine rings is 1. The van der Waals surface area contributed by atoms with Crippen LogP contribution in [0.15, 0.2) is 30.5 Å². The fraction of sp³-hybridized carbons (Fsp3) is 0.385. The van der Waals surface area contributed by atoms with Gasteiger partial charge in [0.2, 0.25) is 0 Å². The van der Waals surface area contributed by atoms with Crippen LogP contribution in [-0.4, -0.2) is 18.1 Å².